The van der Waals surface area contributed by atoms with Crippen LogP contribution in [0, 0.1) is 5.41 Å². The largest absolute Gasteiger partial charge is 0.396 e. The maximum Gasteiger partial charge on any atom is 0.0490 e. The minimum atomic E-state index is 0.311. The second-order valence-electron chi connectivity index (χ2n) is 5.22. The summed E-state index contributed by atoms with van der Waals surface area (Å²) in [6.45, 7) is 2.16. The molecular weight excluding hydrogens is 214 g/mol. The summed E-state index contributed by atoms with van der Waals surface area (Å²) in [5.74, 6) is 0. The van der Waals surface area contributed by atoms with Gasteiger partial charge >= 0.3 is 0 Å². The van der Waals surface area contributed by atoms with E-state index in [4.69, 9.17) is 0 Å². The van der Waals surface area contributed by atoms with E-state index in [-0.39, 0.29) is 0 Å². The molecule has 2 rings (SSSR count). The fourth-order valence-electron chi connectivity index (χ4n) is 2.90. The van der Waals surface area contributed by atoms with Gasteiger partial charge in [0.25, 0.3) is 0 Å². The zero-order valence-corrected chi connectivity index (χ0v) is 10.4. The van der Waals surface area contributed by atoms with Crippen molar-refractivity contribution in [2.24, 2.45) is 5.41 Å². The van der Waals surface area contributed by atoms with Gasteiger partial charge in [-0.25, -0.2) is 0 Å². The van der Waals surface area contributed by atoms with Gasteiger partial charge in [-0.15, -0.1) is 0 Å². The lowest BCUT2D eigenvalue weighted by atomic mass is 9.72. The molecule has 1 aromatic heterocycles. The number of hydrogen-bond acceptors (Lipinski definition) is 3. The van der Waals surface area contributed by atoms with Crippen molar-refractivity contribution in [3.05, 3.63) is 18.0 Å². The highest BCUT2D eigenvalue weighted by molar-refractivity contribution is 4.97. The van der Waals surface area contributed by atoms with Crippen LogP contribution in [0.2, 0.25) is 0 Å². The van der Waals surface area contributed by atoms with Crippen LogP contribution in [-0.4, -0.2) is 28.5 Å². The van der Waals surface area contributed by atoms with Gasteiger partial charge in [-0.05, 0) is 30.7 Å². The molecule has 1 saturated carbocycles. The molecule has 0 bridgehead atoms. The summed E-state index contributed by atoms with van der Waals surface area (Å²) in [7, 11) is 0. The smallest absolute Gasteiger partial charge is 0.0490 e. The molecule has 1 heterocycles. The molecule has 1 aliphatic rings. The van der Waals surface area contributed by atoms with Gasteiger partial charge in [-0.1, -0.05) is 19.3 Å². The molecule has 1 aliphatic carbocycles. The van der Waals surface area contributed by atoms with Gasteiger partial charge in [0.05, 0.1) is 0 Å². The topological polar surface area (TPSA) is 60.9 Å². The first-order valence-electron chi connectivity index (χ1n) is 6.64. The summed E-state index contributed by atoms with van der Waals surface area (Å²) in [4.78, 5) is 0. The van der Waals surface area contributed by atoms with Crippen LogP contribution >= 0.6 is 0 Å². The van der Waals surface area contributed by atoms with E-state index in [9.17, 15) is 5.11 Å². The first-order valence-corrected chi connectivity index (χ1v) is 6.64. The molecule has 0 spiro atoms. The van der Waals surface area contributed by atoms with E-state index < -0.39 is 0 Å². The molecule has 0 saturated heterocycles. The number of nitrogens with zero attached hydrogens (tertiary/aromatic N) is 1. The summed E-state index contributed by atoms with van der Waals surface area (Å²) >= 11 is 0. The second kappa shape index (κ2) is 6.17. The molecule has 0 atom stereocenters. The average Bonchev–Trinajstić information content (AvgIpc) is 2.84. The number of aliphatic hydroxyl groups excluding tert-OH is 1. The Labute approximate surface area is 103 Å². The third-order valence-electron chi connectivity index (χ3n) is 3.93. The lowest BCUT2D eigenvalue weighted by Crippen LogP contribution is -2.36. The van der Waals surface area contributed by atoms with Crippen LogP contribution in [0.4, 0.5) is 0 Å². The predicted molar refractivity (Wildman–Crippen MR) is 67.5 cm³/mol. The highest BCUT2D eigenvalue weighted by Gasteiger charge is 2.30. The van der Waals surface area contributed by atoms with Gasteiger partial charge in [-0.2, -0.15) is 5.10 Å². The van der Waals surface area contributed by atoms with Crippen molar-refractivity contribution in [3.63, 3.8) is 0 Å². The van der Waals surface area contributed by atoms with Crippen molar-refractivity contribution in [2.45, 2.75) is 45.1 Å². The Morgan fingerprint density at radius 3 is 2.82 bits per heavy atom. The van der Waals surface area contributed by atoms with E-state index in [1.807, 2.05) is 6.07 Å². The van der Waals surface area contributed by atoms with Gasteiger partial charge < -0.3 is 10.4 Å². The number of aliphatic hydroxyl groups is 1. The van der Waals surface area contributed by atoms with E-state index in [2.05, 4.69) is 15.5 Å². The minimum absolute atomic E-state index is 0.311. The molecule has 4 heteroatoms. The van der Waals surface area contributed by atoms with Crippen LogP contribution in [0.3, 0.4) is 0 Å². The third kappa shape index (κ3) is 3.54. The standard InChI is InChI=1S/C13H23N3O/c17-9-7-13(5-2-1-3-6-13)11-14-10-12-4-8-15-16-12/h4,8,14,17H,1-3,5-7,9-11H2,(H,15,16). The SMILES string of the molecule is OCCC1(CNCc2ccn[nH]2)CCCCC1. The van der Waals surface area contributed by atoms with Crippen molar-refractivity contribution in [1.82, 2.24) is 15.5 Å². The second-order valence-corrected chi connectivity index (χ2v) is 5.22. The van der Waals surface area contributed by atoms with Crippen LogP contribution in [-0.2, 0) is 6.54 Å². The lowest BCUT2D eigenvalue weighted by molar-refractivity contribution is 0.126. The Morgan fingerprint density at radius 2 is 2.18 bits per heavy atom. The van der Waals surface area contributed by atoms with Crippen molar-refractivity contribution >= 4 is 0 Å². The Hall–Kier alpha value is -0.870. The molecule has 0 amide bonds. The predicted octanol–water partition coefficient (Wildman–Crippen LogP) is 1.83. The number of H-pyrrole nitrogens is 1. The number of rotatable bonds is 6. The summed E-state index contributed by atoms with van der Waals surface area (Å²) < 4.78 is 0. The van der Waals surface area contributed by atoms with E-state index in [0.717, 1.165) is 25.2 Å². The van der Waals surface area contributed by atoms with Crippen LogP contribution in [0.25, 0.3) is 0 Å². The van der Waals surface area contributed by atoms with Crippen molar-refractivity contribution in [3.8, 4) is 0 Å². The molecule has 1 fully saturated rings. The van der Waals surface area contributed by atoms with Crippen LogP contribution in [0.15, 0.2) is 12.3 Å². The van der Waals surface area contributed by atoms with Gasteiger partial charge in [0.2, 0.25) is 0 Å². The quantitative estimate of drug-likeness (QED) is 0.707. The van der Waals surface area contributed by atoms with Crippen LogP contribution in [0.1, 0.15) is 44.2 Å². The maximum atomic E-state index is 9.22. The van der Waals surface area contributed by atoms with Crippen molar-refractivity contribution in [1.29, 1.82) is 0 Å². The molecule has 3 N–H and O–H groups in total. The first-order chi connectivity index (χ1) is 8.35. The molecule has 17 heavy (non-hydrogen) atoms. The van der Waals surface area contributed by atoms with Gasteiger partial charge in [-0.3, -0.25) is 5.10 Å². The average molecular weight is 237 g/mol. The Bertz CT molecular complexity index is 299. The fourth-order valence-corrected chi connectivity index (χ4v) is 2.90. The zero-order valence-electron chi connectivity index (χ0n) is 10.4. The molecular formula is C13H23N3O. The molecule has 0 unspecified atom stereocenters. The molecule has 0 radical (unpaired) electrons. The van der Waals surface area contributed by atoms with Crippen molar-refractivity contribution in [2.75, 3.05) is 13.2 Å². The van der Waals surface area contributed by atoms with Gasteiger partial charge in [0.15, 0.2) is 0 Å². The molecule has 96 valence electrons. The van der Waals surface area contributed by atoms with E-state index in [1.54, 1.807) is 6.20 Å². The number of aromatic amines is 1. The van der Waals surface area contributed by atoms with E-state index >= 15 is 0 Å². The maximum absolute atomic E-state index is 9.22. The van der Waals surface area contributed by atoms with E-state index in [1.165, 1.54) is 32.1 Å². The summed E-state index contributed by atoms with van der Waals surface area (Å²) in [5, 5.41) is 19.6. The summed E-state index contributed by atoms with van der Waals surface area (Å²) in [6, 6.07) is 1.99. The summed E-state index contributed by atoms with van der Waals surface area (Å²) in [5.41, 5.74) is 1.45. The molecule has 0 aliphatic heterocycles. The van der Waals surface area contributed by atoms with Crippen LogP contribution < -0.4 is 5.32 Å². The molecule has 1 aromatic rings. The number of nitrogens with one attached hydrogen (secondary N) is 2. The molecule has 4 nitrogen and oxygen atoms in total. The number of aromatic nitrogens is 2. The number of hydrogen-bond donors (Lipinski definition) is 3. The minimum Gasteiger partial charge on any atom is -0.396 e. The Balaban J connectivity index is 1.80. The highest BCUT2D eigenvalue weighted by Crippen LogP contribution is 2.38. The zero-order chi connectivity index (χ0) is 12.0. The normalized spacial score (nSPS) is 19.4. The summed E-state index contributed by atoms with van der Waals surface area (Å²) in [6.07, 6.45) is 9.20. The van der Waals surface area contributed by atoms with Gasteiger partial charge in [0, 0.05) is 31.6 Å². The van der Waals surface area contributed by atoms with Crippen LogP contribution in [0.5, 0.6) is 0 Å². The van der Waals surface area contributed by atoms with E-state index in [0.29, 0.717) is 12.0 Å². The highest BCUT2D eigenvalue weighted by atomic mass is 16.3. The van der Waals surface area contributed by atoms with Gasteiger partial charge in [0.1, 0.15) is 0 Å². The Kier molecular flexibility index (Phi) is 4.57. The first kappa shape index (κ1) is 12.6. The Morgan fingerprint density at radius 1 is 1.35 bits per heavy atom. The fraction of sp³-hybridized carbons (Fsp3) is 0.769. The molecule has 0 aromatic carbocycles. The van der Waals surface area contributed by atoms with Crippen molar-refractivity contribution < 1.29 is 5.11 Å². The lowest BCUT2D eigenvalue weighted by Gasteiger charge is -2.37. The monoisotopic (exact) mass is 237 g/mol. The third-order valence-corrected chi connectivity index (χ3v) is 3.93.